The Balaban J connectivity index is 1.60. The molecule has 1 unspecified atom stereocenters. The number of nitrogens with zero attached hydrogens (tertiary/aromatic N) is 4. The number of aryl methyl sites for hydroxylation is 1. The molecule has 1 atom stereocenters. The monoisotopic (exact) mass is 393 g/mol. The molecule has 1 aliphatic carbocycles. The number of rotatable bonds is 7. The molecule has 2 aliphatic rings. The van der Waals surface area contributed by atoms with Gasteiger partial charge in [-0.1, -0.05) is 44.4 Å². The lowest BCUT2D eigenvalue weighted by Gasteiger charge is -2.44. The third-order valence-corrected chi connectivity index (χ3v) is 7.24. The number of nitrogens with one attached hydrogen (secondary N) is 1. The molecule has 150 valence electrons. The Hall–Kier alpha value is -1.54. The van der Waals surface area contributed by atoms with Crippen molar-refractivity contribution in [2.24, 2.45) is 5.92 Å². The number of carbonyl (C=O) groups is 2. The maximum Gasteiger partial charge on any atom is 0.229 e. The van der Waals surface area contributed by atoms with Crippen LogP contribution in [0.25, 0.3) is 0 Å². The van der Waals surface area contributed by atoms with Crippen LogP contribution >= 0.6 is 11.3 Å². The number of hydrogen-bond donors (Lipinski definition) is 1. The van der Waals surface area contributed by atoms with Gasteiger partial charge in [0, 0.05) is 25.0 Å². The van der Waals surface area contributed by atoms with Crippen LogP contribution in [0.1, 0.15) is 57.4 Å². The van der Waals surface area contributed by atoms with E-state index in [0.29, 0.717) is 18.2 Å². The molecule has 1 aromatic heterocycles. The molecule has 2 heterocycles. The van der Waals surface area contributed by atoms with E-state index in [4.69, 9.17) is 0 Å². The van der Waals surface area contributed by atoms with E-state index in [1.54, 1.807) is 4.90 Å². The quantitative estimate of drug-likeness (QED) is 0.768. The summed E-state index contributed by atoms with van der Waals surface area (Å²) in [4.78, 5) is 29.2. The minimum Gasteiger partial charge on any atom is -0.354 e. The van der Waals surface area contributed by atoms with Gasteiger partial charge in [-0.25, -0.2) is 0 Å². The van der Waals surface area contributed by atoms with E-state index >= 15 is 0 Å². The zero-order valence-corrected chi connectivity index (χ0v) is 17.5. The molecule has 0 spiro atoms. The van der Waals surface area contributed by atoms with Crippen molar-refractivity contribution < 1.29 is 9.59 Å². The highest BCUT2D eigenvalue weighted by Gasteiger charge is 2.39. The van der Waals surface area contributed by atoms with Crippen LogP contribution in [0.15, 0.2) is 0 Å². The maximum atomic E-state index is 12.8. The first-order valence-electron chi connectivity index (χ1n) is 10.1. The van der Waals surface area contributed by atoms with Gasteiger partial charge in [-0.05, 0) is 32.9 Å². The molecular formula is C19H31N5O2S. The summed E-state index contributed by atoms with van der Waals surface area (Å²) in [6, 6.07) is 0. The minimum absolute atomic E-state index is 0.0134. The van der Waals surface area contributed by atoms with E-state index in [1.165, 1.54) is 30.6 Å². The normalized spacial score (nSPS) is 22.4. The Kier molecular flexibility index (Phi) is 6.47. The molecule has 1 aliphatic heterocycles. The Morgan fingerprint density at radius 3 is 2.67 bits per heavy atom. The molecule has 1 saturated carbocycles. The summed E-state index contributed by atoms with van der Waals surface area (Å²) in [5.74, 6) is -0.355. The van der Waals surface area contributed by atoms with Crippen molar-refractivity contribution in [1.82, 2.24) is 20.4 Å². The van der Waals surface area contributed by atoms with Gasteiger partial charge in [0.15, 0.2) is 0 Å². The SMILES string of the molecule is CCc1nnc(N2CC(C(=O)NCC3(N(C)CC)CCCCC3)CC2=O)s1. The summed E-state index contributed by atoms with van der Waals surface area (Å²) < 4.78 is 0. The molecular weight excluding hydrogens is 362 g/mol. The fourth-order valence-corrected chi connectivity index (χ4v) is 5.00. The van der Waals surface area contributed by atoms with Crippen LogP contribution in [0.2, 0.25) is 0 Å². The first kappa shape index (κ1) is 20.2. The lowest BCUT2D eigenvalue weighted by molar-refractivity contribution is -0.127. The number of hydrogen-bond acceptors (Lipinski definition) is 6. The van der Waals surface area contributed by atoms with E-state index in [9.17, 15) is 9.59 Å². The molecule has 7 nitrogen and oxygen atoms in total. The summed E-state index contributed by atoms with van der Waals surface area (Å²) >= 11 is 1.43. The van der Waals surface area contributed by atoms with Crippen LogP contribution in [0, 0.1) is 5.92 Å². The first-order chi connectivity index (χ1) is 13.0. The summed E-state index contributed by atoms with van der Waals surface area (Å²) in [6.45, 7) is 6.22. The van der Waals surface area contributed by atoms with Gasteiger partial charge in [0.2, 0.25) is 16.9 Å². The molecule has 1 N–H and O–H groups in total. The second kappa shape index (κ2) is 8.65. The predicted octanol–water partition coefficient (Wildman–Crippen LogP) is 2.22. The van der Waals surface area contributed by atoms with Crippen molar-refractivity contribution in [3.63, 3.8) is 0 Å². The summed E-state index contributed by atoms with van der Waals surface area (Å²) in [5, 5.41) is 12.9. The van der Waals surface area contributed by atoms with E-state index in [2.05, 4.69) is 34.4 Å². The Labute approximate surface area is 165 Å². The topological polar surface area (TPSA) is 78.4 Å². The first-order valence-corrected chi connectivity index (χ1v) is 10.9. The number of aromatic nitrogens is 2. The van der Waals surface area contributed by atoms with Crippen LogP contribution in [0.5, 0.6) is 0 Å². The zero-order valence-electron chi connectivity index (χ0n) is 16.7. The van der Waals surface area contributed by atoms with Gasteiger partial charge in [0.05, 0.1) is 5.92 Å². The third kappa shape index (κ3) is 4.32. The van der Waals surface area contributed by atoms with Crippen LogP contribution < -0.4 is 10.2 Å². The van der Waals surface area contributed by atoms with E-state index < -0.39 is 0 Å². The van der Waals surface area contributed by atoms with Crippen LogP contribution in [0.3, 0.4) is 0 Å². The molecule has 1 aromatic rings. The molecule has 8 heteroatoms. The van der Waals surface area contributed by atoms with Gasteiger partial charge in [0.25, 0.3) is 0 Å². The lowest BCUT2D eigenvalue weighted by Crippen LogP contribution is -2.55. The second-order valence-corrected chi connectivity index (χ2v) is 8.79. The van der Waals surface area contributed by atoms with Crippen molar-refractivity contribution in [1.29, 1.82) is 0 Å². The van der Waals surface area contributed by atoms with Crippen LogP contribution in [0.4, 0.5) is 5.13 Å². The third-order valence-electron chi connectivity index (χ3n) is 6.15. The minimum atomic E-state index is -0.306. The molecule has 1 saturated heterocycles. The standard InChI is InChI=1S/C19H31N5O2S/c1-4-15-21-22-18(27-15)24-12-14(11-16(24)25)17(26)20-13-19(23(3)5-2)9-7-6-8-10-19/h14H,4-13H2,1-3H3,(H,20,26). The molecule has 2 fully saturated rings. The average molecular weight is 394 g/mol. The summed E-state index contributed by atoms with van der Waals surface area (Å²) in [7, 11) is 2.15. The van der Waals surface area contributed by atoms with Crippen molar-refractivity contribution >= 4 is 28.3 Å². The van der Waals surface area contributed by atoms with Crippen LogP contribution in [-0.2, 0) is 16.0 Å². The highest BCUT2D eigenvalue weighted by atomic mass is 32.1. The molecule has 0 bridgehead atoms. The second-order valence-electron chi connectivity index (χ2n) is 7.75. The van der Waals surface area contributed by atoms with Crippen LogP contribution in [-0.4, -0.2) is 59.1 Å². The largest absolute Gasteiger partial charge is 0.354 e. The van der Waals surface area contributed by atoms with Crippen molar-refractivity contribution in [3.05, 3.63) is 5.01 Å². The molecule has 0 aromatic carbocycles. The van der Waals surface area contributed by atoms with Crippen molar-refractivity contribution in [2.45, 2.75) is 64.3 Å². The zero-order chi connectivity index (χ0) is 19.4. The van der Waals surface area contributed by atoms with Gasteiger partial charge >= 0.3 is 0 Å². The van der Waals surface area contributed by atoms with Gasteiger partial charge in [-0.15, -0.1) is 10.2 Å². The maximum absolute atomic E-state index is 12.8. The Bertz CT molecular complexity index is 671. The highest BCUT2D eigenvalue weighted by Crippen LogP contribution is 2.33. The van der Waals surface area contributed by atoms with Crippen molar-refractivity contribution in [2.75, 3.05) is 31.6 Å². The summed E-state index contributed by atoms with van der Waals surface area (Å²) in [6.07, 6.45) is 7.01. The molecule has 0 radical (unpaired) electrons. The predicted molar refractivity (Wildman–Crippen MR) is 107 cm³/mol. The highest BCUT2D eigenvalue weighted by molar-refractivity contribution is 7.15. The Morgan fingerprint density at radius 2 is 2.04 bits per heavy atom. The average Bonchev–Trinajstić information content (AvgIpc) is 3.32. The molecule has 3 rings (SSSR count). The number of likely N-dealkylation sites (N-methyl/N-ethyl adjacent to an activating group) is 1. The fourth-order valence-electron chi connectivity index (χ4n) is 4.20. The Morgan fingerprint density at radius 1 is 1.30 bits per heavy atom. The van der Waals surface area contributed by atoms with Gasteiger partial charge in [0.1, 0.15) is 5.01 Å². The van der Waals surface area contributed by atoms with E-state index in [1.807, 2.05) is 6.92 Å². The smallest absolute Gasteiger partial charge is 0.229 e. The number of amides is 2. The molecule has 2 amide bonds. The van der Waals surface area contributed by atoms with E-state index in [-0.39, 0.29) is 29.7 Å². The van der Waals surface area contributed by atoms with Gasteiger partial charge < -0.3 is 5.32 Å². The lowest BCUT2D eigenvalue weighted by atomic mass is 9.80. The van der Waals surface area contributed by atoms with Crippen molar-refractivity contribution in [3.8, 4) is 0 Å². The fraction of sp³-hybridized carbons (Fsp3) is 0.789. The van der Waals surface area contributed by atoms with Gasteiger partial charge in [-0.3, -0.25) is 19.4 Å². The van der Waals surface area contributed by atoms with Gasteiger partial charge in [-0.2, -0.15) is 0 Å². The number of carbonyl (C=O) groups excluding carboxylic acids is 2. The van der Waals surface area contributed by atoms with E-state index in [0.717, 1.165) is 30.8 Å². The molecule has 27 heavy (non-hydrogen) atoms. The summed E-state index contributed by atoms with van der Waals surface area (Å²) in [5.41, 5.74) is 0.0558. The number of anilines is 1.